The molecule has 0 fully saturated rings. The van der Waals surface area contributed by atoms with Gasteiger partial charge in [-0.2, -0.15) is 0 Å². The van der Waals surface area contributed by atoms with E-state index in [1.165, 1.54) is 6.21 Å². The summed E-state index contributed by atoms with van der Waals surface area (Å²) in [6, 6.07) is 3.98. The maximum absolute atomic E-state index is 12.2. The molecule has 0 aliphatic carbocycles. The van der Waals surface area contributed by atoms with Crippen molar-refractivity contribution in [3.8, 4) is 0 Å². The van der Waals surface area contributed by atoms with E-state index in [2.05, 4.69) is 33.4 Å². The van der Waals surface area contributed by atoms with Crippen LogP contribution in [0.4, 0.5) is 4.39 Å². The summed E-state index contributed by atoms with van der Waals surface area (Å²) in [5.74, 6) is 6.44. The number of aliphatic imine (C=N–C) groups is 1. The molecule has 0 bridgehead atoms. The van der Waals surface area contributed by atoms with Crippen molar-refractivity contribution in [3.05, 3.63) is 72.6 Å². The highest BCUT2D eigenvalue weighted by Gasteiger charge is 2.12. The highest BCUT2D eigenvalue weighted by Crippen LogP contribution is 2.26. The molecule has 0 aromatic carbocycles. The lowest BCUT2D eigenvalue weighted by Gasteiger charge is -2.21. The minimum Gasteiger partial charge on any atom is -0.398 e. The number of hydrogen-bond acceptors (Lipinski definition) is 6. The molecule has 29 heavy (non-hydrogen) atoms. The molecule has 0 radical (unpaired) electrons. The number of hydrazine groups is 1. The Morgan fingerprint density at radius 1 is 1.45 bits per heavy atom. The second-order valence-electron chi connectivity index (χ2n) is 6.66. The quantitative estimate of drug-likeness (QED) is 0.213. The number of fused-ring (bicyclic) bond motifs is 1. The Balaban J connectivity index is 2.33. The SMILES string of the molecule is C=C(N=C/C=C(N)/C(=C/N(N)C(C)C)C(=C)c1cnc2[nH]ccc2c1)NCCF. The molecule has 7 nitrogen and oxygen atoms in total. The van der Waals surface area contributed by atoms with Gasteiger partial charge in [-0.25, -0.2) is 20.2 Å². The smallest absolute Gasteiger partial charge is 0.137 e. The molecule has 0 unspecified atom stereocenters. The third kappa shape index (κ3) is 6.05. The zero-order valence-corrected chi connectivity index (χ0v) is 16.8. The highest BCUT2D eigenvalue weighted by atomic mass is 19.1. The molecular weight excluding hydrogens is 369 g/mol. The van der Waals surface area contributed by atoms with Crippen LogP contribution < -0.4 is 16.9 Å². The first-order valence-corrected chi connectivity index (χ1v) is 9.20. The molecule has 2 heterocycles. The molecule has 2 rings (SSSR count). The lowest BCUT2D eigenvalue weighted by Crippen LogP contribution is -2.33. The van der Waals surface area contributed by atoms with E-state index in [1.807, 2.05) is 32.2 Å². The van der Waals surface area contributed by atoms with Gasteiger partial charge in [0.05, 0.1) is 0 Å². The Hall–Kier alpha value is -3.39. The maximum Gasteiger partial charge on any atom is 0.137 e. The number of hydrogen-bond donors (Lipinski definition) is 4. The van der Waals surface area contributed by atoms with Crippen LogP contribution in [0, 0.1) is 0 Å². The largest absolute Gasteiger partial charge is 0.398 e. The van der Waals surface area contributed by atoms with Gasteiger partial charge in [-0.1, -0.05) is 13.2 Å². The molecule has 154 valence electrons. The van der Waals surface area contributed by atoms with Crippen LogP contribution in [-0.4, -0.2) is 40.5 Å². The monoisotopic (exact) mass is 397 g/mol. The molecule has 0 saturated carbocycles. The summed E-state index contributed by atoms with van der Waals surface area (Å²) in [7, 11) is 0. The van der Waals surface area contributed by atoms with Crippen LogP contribution in [0.3, 0.4) is 0 Å². The number of aromatic amines is 1. The summed E-state index contributed by atoms with van der Waals surface area (Å²) in [4.78, 5) is 11.6. The van der Waals surface area contributed by atoms with Gasteiger partial charge in [-0.15, -0.1) is 0 Å². The average molecular weight is 398 g/mol. The second kappa shape index (κ2) is 10.2. The van der Waals surface area contributed by atoms with Crippen molar-refractivity contribution in [3.63, 3.8) is 0 Å². The van der Waals surface area contributed by atoms with Crippen molar-refractivity contribution >= 4 is 22.8 Å². The molecule has 8 heteroatoms. The zero-order chi connectivity index (χ0) is 21.4. The minimum atomic E-state index is -0.500. The first kappa shape index (κ1) is 21.9. The molecule has 2 aromatic rings. The fourth-order valence-electron chi connectivity index (χ4n) is 2.42. The first-order valence-electron chi connectivity index (χ1n) is 9.20. The van der Waals surface area contributed by atoms with Gasteiger partial charge in [0.2, 0.25) is 0 Å². The molecule has 0 saturated heterocycles. The van der Waals surface area contributed by atoms with Crippen molar-refractivity contribution < 1.29 is 4.39 Å². The van der Waals surface area contributed by atoms with E-state index in [9.17, 15) is 4.39 Å². The van der Waals surface area contributed by atoms with Gasteiger partial charge in [0, 0.05) is 59.6 Å². The number of rotatable bonds is 10. The van der Waals surface area contributed by atoms with E-state index in [-0.39, 0.29) is 12.6 Å². The van der Waals surface area contributed by atoms with Gasteiger partial charge in [0.15, 0.2) is 0 Å². The van der Waals surface area contributed by atoms with Crippen molar-refractivity contribution in [1.82, 2.24) is 20.3 Å². The van der Waals surface area contributed by atoms with Crippen molar-refractivity contribution in [2.45, 2.75) is 19.9 Å². The van der Waals surface area contributed by atoms with Crippen LogP contribution in [0.2, 0.25) is 0 Å². The van der Waals surface area contributed by atoms with E-state index in [4.69, 9.17) is 11.6 Å². The molecule has 0 atom stereocenters. The first-order chi connectivity index (χ1) is 13.8. The van der Waals surface area contributed by atoms with Crippen molar-refractivity contribution in [1.29, 1.82) is 0 Å². The van der Waals surface area contributed by atoms with Crippen LogP contribution in [0.25, 0.3) is 16.6 Å². The Labute approximate surface area is 170 Å². The normalized spacial score (nSPS) is 12.7. The number of alkyl halides is 1. The third-order valence-electron chi connectivity index (χ3n) is 4.17. The van der Waals surface area contributed by atoms with Gasteiger partial charge >= 0.3 is 0 Å². The van der Waals surface area contributed by atoms with Gasteiger partial charge in [0.1, 0.15) is 18.1 Å². The average Bonchev–Trinajstić information content (AvgIpc) is 3.17. The summed E-state index contributed by atoms with van der Waals surface area (Å²) in [5.41, 5.74) is 9.66. The predicted octanol–water partition coefficient (Wildman–Crippen LogP) is 2.99. The van der Waals surface area contributed by atoms with Crippen LogP contribution in [0.15, 0.2) is 72.0 Å². The van der Waals surface area contributed by atoms with E-state index < -0.39 is 6.67 Å². The molecule has 6 N–H and O–H groups in total. The molecule has 0 aliphatic heterocycles. The highest BCUT2D eigenvalue weighted by molar-refractivity contribution is 5.88. The number of H-pyrrole nitrogens is 1. The Morgan fingerprint density at radius 2 is 2.21 bits per heavy atom. The van der Waals surface area contributed by atoms with Crippen LogP contribution >= 0.6 is 0 Å². The van der Waals surface area contributed by atoms with Crippen LogP contribution in [0.1, 0.15) is 19.4 Å². The van der Waals surface area contributed by atoms with E-state index in [0.717, 1.165) is 16.6 Å². The molecule has 0 spiro atoms. The lowest BCUT2D eigenvalue weighted by molar-refractivity contribution is 0.321. The van der Waals surface area contributed by atoms with Crippen LogP contribution in [-0.2, 0) is 0 Å². The zero-order valence-electron chi connectivity index (χ0n) is 16.8. The van der Waals surface area contributed by atoms with Gasteiger partial charge in [0.25, 0.3) is 0 Å². The Kier molecular flexibility index (Phi) is 7.73. The van der Waals surface area contributed by atoms with Crippen molar-refractivity contribution in [2.75, 3.05) is 13.2 Å². The molecule has 0 amide bonds. The predicted molar refractivity (Wildman–Crippen MR) is 118 cm³/mol. The molecule has 2 aromatic heterocycles. The Morgan fingerprint density at radius 3 is 2.90 bits per heavy atom. The summed E-state index contributed by atoms with van der Waals surface area (Å²) in [5, 5.41) is 5.26. The van der Waals surface area contributed by atoms with Gasteiger partial charge in [-0.3, -0.25) is 0 Å². The number of nitrogens with two attached hydrogens (primary N) is 2. The Bertz CT molecular complexity index is 953. The second-order valence-corrected chi connectivity index (χ2v) is 6.66. The summed E-state index contributed by atoms with van der Waals surface area (Å²) < 4.78 is 12.2. The minimum absolute atomic E-state index is 0.0641. The topological polar surface area (TPSA) is 108 Å². The molecular formula is C21H28FN7. The number of nitrogens with zero attached hydrogens (tertiary/aromatic N) is 3. The summed E-state index contributed by atoms with van der Waals surface area (Å²) in [6.07, 6.45) is 8.42. The fraction of sp³-hybridized carbons (Fsp3) is 0.238. The fourth-order valence-corrected chi connectivity index (χ4v) is 2.42. The summed E-state index contributed by atoms with van der Waals surface area (Å²) in [6.45, 7) is 11.5. The number of allylic oxidation sites excluding steroid dienone is 2. The maximum atomic E-state index is 12.2. The van der Waals surface area contributed by atoms with Crippen molar-refractivity contribution in [2.24, 2.45) is 16.6 Å². The number of pyridine rings is 1. The molecule has 0 aliphatic rings. The van der Waals surface area contributed by atoms with Crippen LogP contribution in [0.5, 0.6) is 0 Å². The third-order valence-corrected chi connectivity index (χ3v) is 4.17. The van der Waals surface area contributed by atoms with Gasteiger partial charge < -0.3 is 21.0 Å². The van der Waals surface area contributed by atoms with Gasteiger partial charge in [-0.05, 0) is 37.6 Å². The van der Waals surface area contributed by atoms with E-state index in [1.54, 1.807) is 23.5 Å². The van der Waals surface area contributed by atoms with E-state index in [0.29, 0.717) is 22.7 Å². The lowest BCUT2D eigenvalue weighted by atomic mass is 9.98. The number of aromatic nitrogens is 2. The number of nitrogens with one attached hydrogen (secondary N) is 2. The summed E-state index contributed by atoms with van der Waals surface area (Å²) >= 11 is 0. The standard InChI is InChI=1S/C21H28FN7/c1-14(2)29(24)13-19(20(23)6-9-25-16(4)26-10-7-22)15(3)18-11-17-5-8-27-21(17)28-12-18/h5-6,8-9,11-14,26H,3-4,7,10,23-24H2,1-2H3,(H,27,28)/b19-13+,20-6-,25-9?. The van der Waals surface area contributed by atoms with E-state index >= 15 is 0 Å². The number of halogens is 1.